The summed E-state index contributed by atoms with van der Waals surface area (Å²) in [7, 11) is 0. The van der Waals surface area contributed by atoms with E-state index in [1.54, 1.807) is 4.68 Å². The van der Waals surface area contributed by atoms with Gasteiger partial charge >= 0.3 is 0 Å². The Labute approximate surface area is 170 Å². The van der Waals surface area contributed by atoms with Crippen LogP contribution >= 0.6 is 11.6 Å². The zero-order valence-corrected chi connectivity index (χ0v) is 17.0. The minimum Gasteiger partial charge on any atom is -0.337 e. The van der Waals surface area contributed by atoms with E-state index < -0.39 is 0 Å². The maximum atomic E-state index is 13.3. The summed E-state index contributed by atoms with van der Waals surface area (Å²) in [6, 6.07) is 15.7. The lowest BCUT2D eigenvalue weighted by Gasteiger charge is -2.26. The maximum Gasteiger partial charge on any atom is 0.272 e. The van der Waals surface area contributed by atoms with Gasteiger partial charge in [0.25, 0.3) is 5.91 Å². The minimum atomic E-state index is 0.0159. The van der Waals surface area contributed by atoms with Crippen LogP contribution in [0.5, 0.6) is 0 Å². The molecule has 0 unspecified atom stereocenters. The summed E-state index contributed by atoms with van der Waals surface area (Å²) < 4.78 is 1.70. The van der Waals surface area contributed by atoms with Crippen molar-refractivity contribution in [2.24, 2.45) is 0 Å². The molecule has 2 aromatic carbocycles. The number of aryl methyl sites for hydroxylation is 2. The molecular formula is C23H24ClN3O. The molecule has 1 amide bonds. The molecule has 0 aliphatic carbocycles. The third-order valence-electron chi connectivity index (χ3n) is 5.46. The van der Waals surface area contributed by atoms with Crippen molar-refractivity contribution in [3.63, 3.8) is 0 Å². The van der Waals surface area contributed by atoms with Gasteiger partial charge < -0.3 is 4.90 Å². The predicted molar refractivity (Wildman–Crippen MR) is 113 cm³/mol. The number of nitrogens with zero attached hydrogens (tertiary/aromatic N) is 3. The fourth-order valence-corrected chi connectivity index (χ4v) is 3.86. The number of aromatic nitrogens is 2. The molecule has 2 heterocycles. The largest absolute Gasteiger partial charge is 0.337 e. The molecule has 1 aliphatic heterocycles. The van der Waals surface area contributed by atoms with Crippen LogP contribution in [0.25, 0.3) is 16.9 Å². The van der Waals surface area contributed by atoms with Crippen molar-refractivity contribution in [1.82, 2.24) is 14.7 Å². The van der Waals surface area contributed by atoms with Crippen LogP contribution in [-0.2, 0) is 0 Å². The van der Waals surface area contributed by atoms with Crippen molar-refractivity contribution in [1.29, 1.82) is 0 Å². The highest BCUT2D eigenvalue weighted by atomic mass is 35.5. The van der Waals surface area contributed by atoms with Gasteiger partial charge in [0.2, 0.25) is 0 Å². The van der Waals surface area contributed by atoms with Gasteiger partial charge in [-0.05, 0) is 68.5 Å². The van der Waals surface area contributed by atoms with Crippen LogP contribution in [0, 0.1) is 13.8 Å². The average molecular weight is 394 g/mol. The number of hydrogen-bond acceptors (Lipinski definition) is 2. The van der Waals surface area contributed by atoms with E-state index in [1.165, 1.54) is 17.5 Å². The van der Waals surface area contributed by atoms with Crippen LogP contribution in [0.2, 0.25) is 5.02 Å². The highest BCUT2D eigenvalue weighted by Crippen LogP contribution is 2.28. The molecule has 0 spiro atoms. The van der Waals surface area contributed by atoms with Crippen LogP contribution in [0.4, 0.5) is 0 Å². The van der Waals surface area contributed by atoms with E-state index >= 15 is 0 Å². The van der Waals surface area contributed by atoms with E-state index in [9.17, 15) is 4.79 Å². The number of amides is 1. The Morgan fingerprint density at radius 3 is 2.43 bits per heavy atom. The second-order valence-corrected chi connectivity index (χ2v) is 7.84. The SMILES string of the molecule is Cc1ccc(-c2cc(C(=O)N3CCCCC3)n(-c3ccccc3Cl)n2)cc1C. The number of rotatable bonds is 3. The van der Waals surface area contributed by atoms with Crippen LogP contribution in [0.3, 0.4) is 0 Å². The molecule has 4 rings (SSSR count). The second kappa shape index (κ2) is 7.80. The van der Waals surface area contributed by atoms with E-state index in [1.807, 2.05) is 35.2 Å². The van der Waals surface area contributed by atoms with Gasteiger partial charge in [0.1, 0.15) is 5.69 Å². The smallest absolute Gasteiger partial charge is 0.272 e. The molecule has 1 aromatic heterocycles. The molecule has 0 N–H and O–H groups in total. The van der Waals surface area contributed by atoms with Crippen LogP contribution < -0.4 is 0 Å². The van der Waals surface area contributed by atoms with Gasteiger partial charge in [0, 0.05) is 18.7 Å². The fourth-order valence-electron chi connectivity index (χ4n) is 3.64. The van der Waals surface area contributed by atoms with Gasteiger partial charge in [0.05, 0.1) is 16.4 Å². The second-order valence-electron chi connectivity index (χ2n) is 7.43. The number of halogens is 1. The fraction of sp³-hybridized carbons (Fsp3) is 0.304. The molecule has 0 saturated carbocycles. The summed E-state index contributed by atoms with van der Waals surface area (Å²) in [6.07, 6.45) is 3.29. The maximum absolute atomic E-state index is 13.3. The molecule has 4 nitrogen and oxygen atoms in total. The summed E-state index contributed by atoms with van der Waals surface area (Å²) in [5, 5.41) is 5.36. The molecule has 144 valence electrons. The number of hydrogen-bond donors (Lipinski definition) is 0. The molecule has 5 heteroatoms. The van der Waals surface area contributed by atoms with E-state index in [4.69, 9.17) is 16.7 Å². The Morgan fingerprint density at radius 2 is 1.71 bits per heavy atom. The summed E-state index contributed by atoms with van der Waals surface area (Å²) in [5.41, 5.74) is 5.50. The number of likely N-dealkylation sites (tertiary alicyclic amines) is 1. The molecule has 1 aliphatic rings. The topological polar surface area (TPSA) is 38.1 Å². The van der Waals surface area contributed by atoms with E-state index in [2.05, 4.69) is 32.0 Å². The molecule has 0 atom stereocenters. The molecule has 1 saturated heterocycles. The third-order valence-corrected chi connectivity index (χ3v) is 5.77. The van der Waals surface area contributed by atoms with Gasteiger partial charge in [-0.3, -0.25) is 4.79 Å². The van der Waals surface area contributed by atoms with Crippen molar-refractivity contribution >= 4 is 17.5 Å². The Balaban J connectivity index is 1.83. The summed E-state index contributed by atoms with van der Waals surface area (Å²) >= 11 is 6.44. The van der Waals surface area contributed by atoms with Gasteiger partial charge in [-0.15, -0.1) is 0 Å². The molecule has 3 aromatic rings. The van der Waals surface area contributed by atoms with Crippen molar-refractivity contribution in [3.05, 3.63) is 70.4 Å². The monoisotopic (exact) mass is 393 g/mol. The first-order chi connectivity index (χ1) is 13.5. The normalized spacial score (nSPS) is 14.3. The number of benzene rings is 2. The van der Waals surface area contributed by atoms with Gasteiger partial charge in [-0.2, -0.15) is 5.10 Å². The average Bonchev–Trinajstić information content (AvgIpc) is 3.15. The number of piperidine rings is 1. The Morgan fingerprint density at radius 1 is 0.964 bits per heavy atom. The Hall–Kier alpha value is -2.59. The van der Waals surface area contributed by atoms with Crippen molar-refractivity contribution in [2.45, 2.75) is 33.1 Å². The van der Waals surface area contributed by atoms with E-state index in [-0.39, 0.29) is 5.91 Å². The lowest BCUT2D eigenvalue weighted by atomic mass is 10.0. The quantitative estimate of drug-likeness (QED) is 0.594. The zero-order valence-electron chi connectivity index (χ0n) is 16.3. The predicted octanol–water partition coefficient (Wildman–Crippen LogP) is 5.44. The summed E-state index contributed by atoms with van der Waals surface area (Å²) in [6.45, 7) is 5.77. The van der Waals surface area contributed by atoms with Crippen molar-refractivity contribution < 1.29 is 4.79 Å². The lowest BCUT2D eigenvalue weighted by Crippen LogP contribution is -2.36. The summed E-state index contributed by atoms with van der Waals surface area (Å²) in [4.78, 5) is 15.2. The number of carbonyl (C=O) groups is 1. The molecule has 1 fully saturated rings. The van der Waals surface area contributed by atoms with E-state index in [0.717, 1.165) is 42.9 Å². The molecule has 0 bridgehead atoms. The highest BCUT2D eigenvalue weighted by Gasteiger charge is 2.24. The summed E-state index contributed by atoms with van der Waals surface area (Å²) in [5.74, 6) is 0.0159. The van der Waals surface area contributed by atoms with Crippen LogP contribution in [-0.4, -0.2) is 33.7 Å². The first kappa shape index (κ1) is 18.8. The zero-order chi connectivity index (χ0) is 19.7. The first-order valence-corrected chi connectivity index (χ1v) is 10.1. The molecular weight excluding hydrogens is 370 g/mol. The molecule has 0 radical (unpaired) electrons. The van der Waals surface area contributed by atoms with Gasteiger partial charge in [0.15, 0.2) is 0 Å². The molecule has 28 heavy (non-hydrogen) atoms. The standard InChI is InChI=1S/C23H24ClN3O/c1-16-10-11-18(14-17(16)2)20-15-22(23(28)26-12-6-3-7-13-26)27(25-20)21-9-5-4-8-19(21)24/h4-5,8-11,14-15H,3,6-7,12-13H2,1-2H3. The van der Waals surface area contributed by atoms with Gasteiger partial charge in [-0.1, -0.05) is 35.9 Å². The van der Waals surface area contributed by atoms with Crippen molar-refractivity contribution in [2.75, 3.05) is 13.1 Å². The number of carbonyl (C=O) groups excluding carboxylic acids is 1. The first-order valence-electron chi connectivity index (χ1n) is 9.76. The van der Waals surface area contributed by atoms with E-state index in [0.29, 0.717) is 10.7 Å². The minimum absolute atomic E-state index is 0.0159. The van der Waals surface area contributed by atoms with Gasteiger partial charge in [-0.25, -0.2) is 4.68 Å². The van der Waals surface area contributed by atoms with Crippen LogP contribution in [0.1, 0.15) is 40.9 Å². The third kappa shape index (κ3) is 3.57. The Kier molecular flexibility index (Phi) is 5.23. The van der Waals surface area contributed by atoms with Crippen LogP contribution in [0.15, 0.2) is 48.5 Å². The number of para-hydroxylation sites is 1. The lowest BCUT2D eigenvalue weighted by molar-refractivity contribution is 0.0715. The van der Waals surface area contributed by atoms with Crippen molar-refractivity contribution in [3.8, 4) is 16.9 Å². The highest BCUT2D eigenvalue weighted by molar-refractivity contribution is 6.32. The Bertz CT molecular complexity index is 1020.